The van der Waals surface area contributed by atoms with Crippen LogP contribution in [0.25, 0.3) is 0 Å². The molecule has 0 aliphatic carbocycles. The van der Waals surface area contributed by atoms with Gasteiger partial charge in [-0.1, -0.05) is 6.92 Å². The number of likely N-dealkylation sites (tertiary alicyclic amines) is 1. The molecule has 0 aromatic heterocycles. The van der Waals surface area contributed by atoms with Crippen molar-refractivity contribution in [1.82, 2.24) is 10.2 Å². The van der Waals surface area contributed by atoms with E-state index in [2.05, 4.69) is 12.2 Å². The molecule has 3 rings (SSSR count). The molecule has 2 aliphatic rings. The minimum atomic E-state index is -0.137. The molecule has 0 bridgehead atoms. The number of benzene rings is 1. The van der Waals surface area contributed by atoms with Crippen LogP contribution in [0.1, 0.15) is 39.0 Å². The number of nitrogens with zero attached hydrogens (tertiary/aromatic N) is 2. The van der Waals surface area contributed by atoms with Crippen LogP contribution in [-0.4, -0.2) is 49.1 Å². The average Bonchev–Trinajstić information content (AvgIpc) is 3.01. The van der Waals surface area contributed by atoms with Crippen molar-refractivity contribution in [2.75, 3.05) is 25.1 Å². The molecule has 2 heterocycles. The van der Waals surface area contributed by atoms with E-state index in [1.165, 1.54) is 6.42 Å². The molecule has 2 atom stereocenters. The summed E-state index contributed by atoms with van der Waals surface area (Å²) >= 11 is 0. The second-order valence-electron chi connectivity index (χ2n) is 6.80. The number of amides is 3. The van der Waals surface area contributed by atoms with Gasteiger partial charge in [0.25, 0.3) is 0 Å². The molecule has 2 fully saturated rings. The summed E-state index contributed by atoms with van der Waals surface area (Å²) in [6.45, 7) is 3.45. The fourth-order valence-corrected chi connectivity index (χ4v) is 3.77. The summed E-state index contributed by atoms with van der Waals surface area (Å²) in [6, 6.07) is 7.59. The first kappa shape index (κ1) is 17.6. The van der Waals surface area contributed by atoms with Gasteiger partial charge in [0.2, 0.25) is 5.91 Å². The smallest absolute Gasteiger partial charge is 0.317 e. The fraction of sp³-hybridized carbons (Fsp3) is 0.579. The van der Waals surface area contributed by atoms with Crippen LogP contribution >= 0.6 is 0 Å². The number of rotatable bonds is 4. The molecule has 0 spiro atoms. The number of anilines is 1. The first-order valence-electron chi connectivity index (χ1n) is 9.14. The lowest BCUT2D eigenvalue weighted by Crippen LogP contribution is -2.51. The SMILES string of the molecule is CC[C@@H]1CCCCN1C(=O)N[C@H]1CC(=O)N(c2ccc(OC)cc2)C1. The summed E-state index contributed by atoms with van der Waals surface area (Å²) in [5, 5.41) is 3.07. The molecule has 2 saturated heterocycles. The standard InChI is InChI=1S/C19H27N3O3/c1-3-15-6-4-5-11-21(15)19(24)20-14-12-18(23)22(13-14)16-7-9-17(25-2)10-8-16/h7-10,14-15H,3-6,11-13H2,1-2H3,(H,20,24)/t14-,15+/m0/s1. The molecule has 1 aromatic rings. The van der Waals surface area contributed by atoms with E-state index in [0.29, 0.717) is 19.0 Å². The molecule has 3 amide bonds. The van der Waals surface area contributed by atoms with Crippen molar-refractivity contribution in [3.8, 4) is 5.75 Å². The van der Waals surface area contributed by atoms with Crippen LogP contribution in [-0.2, 0) is 4.79 Å². The topological polar surface area (TPSA) is 61.9 Å². The Morgan fingerprint density at radius 2 is 2.04 bits per heavy atom. The third kappa shape index (κ3) is 3.89. The molecule has 136 valence electrons. The van der Waals surface area contributed by atoms with Gasteiger partial charge in [-0.2, -0.15) is 0 Å². The lowest BCUT2D eigenvalue weighted by Gasteiger charge is -2.35. The maximum atomic E-state index is 12.6. The van der Waals surface area contributed by atoms with Crippen LogP contribution in [0.4, 0.5) is 10.5 Å². The molecule has 2 aliphatic heterocycles. The third-order valence-electron chi connectivity index (χ3n) is 5.20. The van der Waals surface area contributed by atoms with Crippen molar-refractivity contribution in [2.24, 2.45) is 0 Å². The Balaban J connectivity index is 1.61. The molecule has 0 saturated carbocycles. The Kier molecular flexibility index (Phi) is 5.46. The predicted octanol–water partition coefficient (Wildman–Crippen LogP) is 2.77. The van der Waals surface area contributed by atoms with Crippen LogP contribution in [0.15, 0.2) is 24.3 Å². The minimum absolute atomic E-state index is 0.0269. The molecule has 0 radical (unpaired) electrons. The predicted molar refractivity (Wildman–Crippen MR) is 96.9 cm³/mol. The van der Waals surface area contributed by atoms with E-state index in [1.54, 1.807) is 12.0 Å². The maximum Gasteiger partial charge on any atom is 0.317 e. The second kappa shape index (κ2) is 7.76. The Morgan fingerprint density at radius 1 is 1.28 bits per heavy atom. The fourth-order valence-electron chi connectivity index (χ4n) is 3.77. The van der Waals surface area contributed by atoms with Gasteiger partial charge in [-0.05, 0) is 49.9 Å². The Bertz CT molecular complexity index is 617. The van der Waals surface area contributed by atoms with Crippen molar-refractivity contribution < 1.29 is 14.3 Å². The van der Waals surface area contributed by atoms with Gasteiger partial charge in [-0.25, -0.2) is 4.79 Å². The van der Waals surface area contributed by atoms with Crippen molar-refractivity contribution in [1.29, 1.82) is 0 Å². The molecule has 6 nitrogen and oxygen atoms in total. The Morgan fingerprint density at radius 3 is 2.72 bits per heavy atom. The number of piperidine rings is 1. The lowest BCUT2D eigenvalue weighted by molar-refractivity contribution is -0.117. The van der Waals surface area contributed by atoms with E-state index < -0.39 is 0 Å². The lowest BCUT2D eigenvalue weighted by atomic mass is 10.0. The first-order valence-corrected chi connectivity index (χ1v) is 9.14. The number of hydrogen-bond donors (Lipinski definition) is 1. The van der Waals surface area contributed by atoms with Crippen molar-refractivity contribution >= 4 is 17.6 Å². The summed E-state index contributed by atoms with van der Waals surface area (Å²) in [6.07, 6.45) is 4.66. The molecule has 6 heteroatoms. The quantitative estimate of drug-likeness (QED) is 0.913. The Labute approximate surface area is 149 Å². The van der Waals surface area contributed by atoms with Crippen LogP contribution in [0.5, 0.6) is 5.75 Å². The average molecular weight is 345 g/mol. The number of carbonyl (C=O) groups excluding carboxylic acids is 2. The number of hydrogen-bond acceptors (Lipinski definition) is 3. The van der Waals surface area contributed by atoms with E-state index in [9.17, 15) is 9.59 Å². The summed E-state index contributed by atoms with van der Waals surface area (Å²) in [5.41, 5.74) is 0.840. The molecular formula is C19H27N3O3. The van der Waals surface area contributed by atoms with Crippen LogP contribution in [0, 0.1) is 0 Å². The van der Waals surface area contributed by atoms with Crippen molar-refractivity contribution in [3.05, 3.63) is 24.3 Å². The minimum Gasteiger partial charge on any atom is -0.497 e. The van der Waals surface area contributed by atoms with E-state index in [1.807, 2.05) is 29.2 Å². The van der Waals surface area contributed by atoms with Gasteiger partial charge in [-0.15, -0.1) is 0 Å². The van der Waals surface area contributed by atoms with Gasteiger partial charge in [0, 0.05) is 31.2 Å². The summed E-state index contributed by atoms with van der Waals surface area (Å²) in [5.74, 6) is 0.803. The van der Waals surface area contributed by atoms with E-state index >= 15 is 0 Å². The van der Waals surface area contributed by atoms with Gasteiger partial charge in [0.05, 0.1) is 13.2 Å². The normalized spacial score (nSPS) is 23.7. The zero-order chi connectivity index (χ0) is 17.8. The number of urea groups is 1. The van der Waals surface area contributed by atoms with Gasteiger partial charge >= 0.3 is 6.03 Å². The summed E-state index contributed by atoms with van der Waals surface area (Å²) in [7, 11) is 1.62. The second-order valence-corrected chi connectivity index (χ2v) is 6.80. The Hall–Kier alpha value is -2.24. The summed E-state index contributed by atoms with van der Waals surface area (Å²) < 4.78 is 5.15. The van der Waals surface area contributed by atoms with Crippen LogP contribution in [0.2, 0.25) is 0 Å². The van der Waals surface area contributed by atoms with E-state index in [0.717, 1.165) is 37.2 Å². The van der Waals surface area contributed by atoms with E-state index in [4.69, 9.17) is 4.74 Å². The number of methoxy groups -OCH3 is 1. The zero-order valence-electron chi connectivity index (χ0n) is 15.0. The molecule has 0 unspecified atom stereocenters. The van der Waals surface area contributed by atoms with Gasteiger partial charge in [-0.3, -0.25) is 4.79 Å². The summed E-state index contributed by atoms with van der Waals surface area (Å²) in [4.78, 5) is 28.7. The molecule has 1 N–H and O–H groups in total. The highest BCUT2D eigenvalue weighted by molar-refractivity contribution is 5.96. The molecule has 1 aromatic carbocycles. The van der Waals surface area contributed by atoms with Crippen molar-refractivity contribution in [2.45, 2.75) is 51.1 Å². The van der Waals surface area contributed by atoms with Gasteiger partial charge in [0.15, 0.2) is 0 Å². The van der Waals surface area contributed by atoms with E-state index in [-0.39, 0.29) is 18.0 Å². The van der Waals surface area contributed by atoms with Crippen molar-refractivity contribution in [3.63, 3.8) is 0 Å². The monoisotopic (exact) mass is 345 g/mol. The highest BCUT2D eigenvalue weighted by Crippen LogP contribution is 2.25. The zero-order valence-corrected chi connectivity index (χ0v) is 15.0. The van der Waals surface area contributed by atoms with Crippen LogP contribution in [0.3, 0.4) is 0 Å². The number of nitrogens with one attached hydrogen (secondary N) is 1. The third-order valence-corrected chi connectivity index (χ3v) is 5.20. The highest BCUT2D eigenvalue weighted by atomic mass is 16.5. The number of ether oxygens (including phenoxy) is 1. The molecular weight excluding hydrogens is 318 g/mol. The maximum absolute atomic E-state index is 12.6. The molecule has 25 heavy (non-hydrogen) atoms. The van der Waals surface area contributed by atoms with Crippen LogP contribution < -0.4 is 15.0 Å². The largest absolute Gasteiger partial charge is 0.497 e. The number of carbonyl (C=O) groups is 2. The van der Waals surface area contributed by atoms with Gasteiger partial charge < -0.3 is 19.9 Å². The first-order chi connectivity index (χ1) is 12.1. The highest BCUT2D eigenvalue weighted by Gasteiger charge is 2.34. The van der Waals surface area contributed by atoms with Gasteiger partial charge in [0.1, 0.15) is 5.75 Å².